The van der Waals surface area contributed by atoms with E-state index in [4.69, 9.17) is 9.47 Å². The van der Waals surface area contributed by atoms with E-state index in [1.165, 1.54) is 30.7 Å². The molecule has 144 valence electrons. The van der Waals surface area contributed by atoms with Crippen LogP contribution in [-0.4, -0.2) is 57.1 Å². The Kier molecular flexibility index (Phi) is 6.83. The van der Waals surface area contributed by atoms with Gasteiger partial charge in [-0.25, -0.2) is 4.79 Å². The fourth-order valence-electron chi connectivity index (χ4n) is 2.93. The summed E-state index contributed by atoms with van der Waals surface area (Å²) in [6, 6.07) is 1.45. The molecule has 1 aromatic rings. The lowest BCUT2D eigenvalue weighted by Crippen LogP contribution is -2.32. The summed E-state index contributed by atoms with van der Waals surface area (Å²) in [6.45, 7) is 2.39. The number of rotatable bonds is 7. The Hall–Kier alpha value is -2.30. The number of esters is 1. The van der Waals surface area contributed by atoms with Crippen LogP contribution in [0.15, 0.2) is 17.1 Å². The van der Waals surface area contributed by atoms with E-state index < -0.39 is 42.6 Å². The van der Waals surface area contributed by atoms with Crippen molar-refractivity contribution in [2.24, 2.45) is 5.92 Å². The van der Waals surface area contributed by atoms with E-state index in [0.29, 0.717) is 12.8 Å². The first-order chi connectivity index (χ1) is 12.3. The Morgan fingerprint density at radius 2 is 2.15 bits per heavy atom. The normalized spacial score (nSPS) is 25.1. The third-order valence-corrected chi connectivity index (χ3v) is 4.08. The number of hydrogen-bond donors (Lipinski definition) is 3. The number of aliphatic hydroxyl groups excluding tert-OH is 2. The van der Waals surface area contributed by atoms with Crippen molar-refractivity contribution in [3.63, 3.8) is 0 Å². The number of hydrogen-bond acceptors (Lipinski definition) is 8. The molecule has 10 nitrogen and oxygen atoms in total. The van der Waals surface area contributed by atoms with E-state index in [1.54, 1.807) is 0 Å². The molecule has 0 unspecified atom stereocenters. The van der Waals surface area contributed by atoms with Crippen LogP contribution in [0.4, 0.5) is 5.82 Å². The van der Waals surface area contributed by atoms with Gasteiger partial charge in [-0.15, -0.1) is 0 Å². The van der Waals surface area contributed by atoms with Gasteiger partial charge in [-0.3, -0.25) is 14.2 Å². The van der Waals surface area contributed by atoms with Crippen molar-refractivity contribution in [1.29, 1.82) is 0 Å². The maximum Gasteiger partial charge on any atom is 0.351 e. The Morgan fingerprint density at radius 1 is 1.42 bits per heavy atom. The van der Waals surface area contributed by atoms with Crippen LogP contribution < -0.4 is 11.0 Å². The van der Waals surface area contributed by atoms with Gasteiger partial charge in [0, 0.05) is 26.0 Å². The maximum atomic E-state index is 12.3. The summed E-state index contributed by atoms with van der Waals surface area (Å²) >= 11 is 0. The molecule has 0 aliphatic carbocycles. The first-order valence-electron chi connectivity index (χ1n) is 8.28. The second kappa shape index (κ2) is 8.88. The lowest BCUT2D eigenvalue weighted by molar-refractivity contribution is -0.141. The highest BCUT2D eigenvalue weighted by atomic mass is 16.5. The van der Waals surface area contributed by atoms with Crippen LogP contribution in [-0.2, 0) is 19.1 Å². The summed E-state index contributed by atoms with van der Waals surface area (Å²) in [7, 11) is 0. The van der Waals surface area contributed by atoms with E-state index in [-0.39, 0.29) is 18.3 Å². The summed E-state index contributed by atoms with van der Waals surface area (Å²) in [5.41, 5.74) is -0.656. The Bertz CT molecular complexity index is 705. The average Bonchev–Trinajstić information content (AvgIpc) is 2.87. The molecular weight excluding hydrogens is 346 g/mol. The van der Waals surface area contributed by atoms with Crippen molar-refractivity contribution in [2.75, 3.05) is 18.5 Å². The topological polar surface area (TPSA) is 140 Å². The fourth-order valence-corrected chi connectivity index (χ4v) is 2.93. The van der Waals surface area contributed by atoms with Crippen LogP contribution in [0, 0.1) is 5.92 Å². The lowest BCUT2D eigenvalue weighted by Gasteiger charge is -2.21. The van der Waals surface area contributed by atoms with Gasteiger partial charge in [0.05, 0.1) is 19.3 Å². The van der Waals surface area contributed by atoms with Crippen LogP contribution in [0.1, 0.15) is 32.9 Å². The molecule has 1 aliphatic heterocycles. The molecule has 0 bridgehead atoms. The summed E-state index contributed by atoms with van der Waals surface area (Å²) in [5, 5.41) is 22.2. The summed E-state index contributed by atoms with van der Waals surface area (Å²) < 4.78 is 11.7. The molecule has 2 rings (SSSR count). The summed E-state index contributed by atoms with van der Waals surface area (Å²) in [4.78, 5) is 37.9. The lowest BCUT2D eigenvalue weighted by atomic mass is 9.94. The van der Waals surface area contributed by atoms with Crippen molar-refractivity contribution >= 4 is 17.7 Å². The predicted octanol–water partition coefficient (Wildman–Crippen LogP) is -0.588. The number of carbonyl (C=O) groups excluding carboxylic acids is 2. The number of carbonyl (C=O) groups is 2. The molecule has 3 N–H and O–H groups in total. The molecule has 4 atom stereocenters. The monoisotopic (exact) mass is 369 g/mol. The number of amides is 1. The van der Waals surface area contributed by atoms with E-state index in [0.717, 1.165) is 0 Å². The number of nitrogens with one attached hydrogen (secondary N) is 1. The van der Waals surface area contributed by atoms with Crippen molar-refractivity contribution in [3.8, 4) is 0 Å². The van der Waals surface area contributed by atoms with Gasteiger partial charge in [-0.05, 0) is 18.9 Å². The third-order valence-electron chi connectivity index (χ3n) is 4.08. The van der Waals surface area contributed by atoms with Gasteiger partial charge >= 0.3 is 11.7 Å². The highest BCUT2D eigenvalue weighted by molar-refractivity contribution is 5.87. The number of anilines is 1. The van der Waals surface area contributed by atoms with Gasteiger partial charge in [0.15, 0.2) is 0 Å². The molecule has 1 amide bonds. The standard InChI is InChI=1S/C16H23N3O7/c1-9(21)17-13-5-6-19(16(24)18-13)15-11(4-3-7-25-10(2)22)14(23)12(8-20)26-15/h5-6,11-12,14-15,20,23H,3-4,7-8H2,1-2H3,(H,17,18,21,24)/t11-,12-,14+,15-/m1/s1. The van der Waals surface area contributed by atoms with Crippen LogP contribution in [0.5, 0.6) is 0 Å². The largest absolute Gasteiger partial charge is 0.466 e. The zero-order valence-electron chi connectivity index (χ0n) is 14.6. The third kappa shape index (κ3) is 4.87. The zero-order chi connectivity index (χ0) is 19.3. The molecule has 10 heteroatoms. The Labute approximate surface area is 149 Å². The molecule has 26 heavy (non-hydrogen) atoms. The quantitative estimate of drug-likeness (QED) is 0.428. The van der Waals surface area contributed by atoms with Gasteiger partial charge < -0.3 is 25.0 Å². The summed E-state index contributed by atoms with van der Waals surface area (Å²) in [6.07, 6.45) is -0.353. The minimum absolute atomic E-state index is 0.113. The highest BCUT2D eigenvalue weighted by Crippen LogP contribution is 2.37. The smallest absolute Gasteiger partial charge is 0.351 e. The number of aromatic nitrogens is 2. The van der Waals surface area contributed by atoms with Gasteiger partial charge in [0.2, 0.25) is 5.91 Å². The van der Waals surface area contributed by atoms with Crippen LogP contribution in [0.2, 0.25) is 0 Å². The van der Waals surface area contributed by atoms with Gasteiger partial charge in [0.25, 0.3) is 0 Å². The van der Waals surface area contributed by atoms with Gasteiger partial charge in [-0.1, -0.05) is 0 Å². The highest BCUT2D eigenvalue weighted by Gasteiger charge is 2.44. The van der Waals surface area contributed by atoms with Gasteiger partial charge in [0.1, 0.15) is 18.1 Å². The second-order valence-electron chi connectivity index (χ2n) is 6.07. The maximum absolute atomic E-state index is 12.3. The van der Waals surface area contributed by atoms with Crippen molar-refractivity contribution in [1.82, 2.24) is 9.55 Å². The molecule has 0 spiro atoms. The molecule has 0 radical (unpaired) electrons. The first-order valence-corrected chi connectivity index (χ1v) is 8.28. The van der Waals surface area contributed by atoms with Gasteiger partial charge in [-0.2, -0.15) is 4.98 Å². The Balaban J connectivity index is 2.16. The predicted molar refractivity (Wildman–Crippen MR) is 89.2 cm³/mol. The van der Waals surface area contributed by atoms with Crippen molar-refractivity contribution in [3.05, 3.63) is 22.7 Å². The zero-order valence-corrected chi connectivity index (χ0v) is 14.6. The molecule has 2 heterocycles. The molecule has 1 aromatic heterocycles. The SMILES string of the molecule is CC(=O)Nc1ccn([C@@H]2O[C@H](CO)[C@@H](O)[C@H]2CCCOC(C)=O)c(=O)n1. The van der Waals surface area contributed by atoms with Crippen LogP contribution in [0.3, 0.4) is 0 Å². The molecule has 0 aromatic carbocycles. The number of ether oxygens (including phenoxy) is 2. The van der Waals surface area contributed by atoms with Crippen LogP contribution >= 0.6 is 0 Å². The Morgan fingerprint density at radius 3 is 2.73 bits per heavy atom. The average molecular weight is 369 g/mol. The minimum Gasteiger partial charge on any atom is -0.466 e. The second-order valence-corrected chi connectivity index (χ2v) is 6.07. The molecule has 1 aliphatic rings. The molecule has 1 fully saturated rings. The first kappa shape index (κ1) is 20.0. The fraction of sp³-hybridized carbons (Fsp3) is 0.625. The molecule has 1 saturated heterocycles. The minimum atomic E-state index is -0.982. The number of aliphatic hydroxyl groups is 2. The van der Waals surface area contributed by atoms with E-state index in [9.17, 15) is 24.6 Å². The molecular formula is C16H23N3O7. The number of nitrogens with zero attached hydrogens (tertiary/aromatic N) is 2. The van der Waals surface area contributed by atoms with E-state index >= 15 is 0 Å². The summed E-state index contributed by atoms with van der Waals surface area (Å²) in [5.74, 6) is -1.13. The van der Waals surface area contributed by atoms with Crippen LogP contribution in [0.25, 0.3) is 0 Å². The van der Waals surface area contributed by atoms with Crippen molar-refractivity contribution in [2.45, 2.75) is 45.1 Å². The van der Waals surface area contributed by atoms with E-state index in [2.05, 4.69) is 10.3 Å². The molecule has 0 saturated carbocycles. The van der Waals surface area contributed by atoms with E-state index in [1.807, 2.05) is 0 Å². The van der Waals surface area contributed by atoms with Crippen molar-refractivity contribution < 1.29 is 29.3 Å².